The Hall–Kier alpha value is -1.10. The minimum atomic E-state index is 0.0115. The average molecular weight is 298 g/mol. The van der Waals surface area contributed by atoms with Crippen molar-refractivity contribution in [3.05, 3.63) is 29.3 Å². The lowest BCUT2D eigenvalue weighted by Gasteiger charge is -2.32. The van der Waals surface area contributed by atoms with Gasteiger partial charge in [0.2, 0.25) is 5.91 Å². The second-order valence-corrected chi connectivity index (χ2v) is 5.85. The lowest BCUT2D eigenvalue weighted by atomic mass is 10.2. The zero-order valence-electron chi connectivity index (χ0n) is 12.0. The number of amides is 1. The number of para-hydroxylation sites is 1. The molecule has 1 aromatic rings. The van der Waals surface area contributed by atoms with Crippen molar-refractivity contribution in [3.8, 4) is 0 Å². The smallest absolute Gasteiger partial charge is 0.230 e. The average Bonchev–Trinajstić information content (AvgIpc) is 2.38. The monoisotopic (exact) mass is 297 g/mol. The first-order valence-electron chi connectivity index (χ1n) is 7.08. The van der Waals surface area contributed by atoms with Crippen molar-refractivity contribution in [2.75, 3.05) is 25.0 Å². The van der Waals surface area contributed by atoms with Crippen molar-refractivity contribution in [3.63, 3.8) is 0 Å². The highest BCUT2D eigenvalue weighted by Gasteiger charge is 2.25. The Morgan fingerprint density at radius 3 is 2.65 bits per heavy atom. The Labute approximate surface area is 125 Å². The summed E-state index contributed by atoms with van der Waals surface area (Å²) in [6.07, 6.45) is 1.03. The Kier molecular flexibility index (Phi) is 5.40. The molecule has 2 N–H and O–H groups in total. The van der Waals surface area contributed by atoms with Gasteiger partial charge in [-0.15, -0.1) is 0 Å². The van der Waals surface area contributed by atoms with Gasteiger partial charge in [-0.1, -0.05) is 23.7 Å². The highest BCUT2D eigenvalue weighted by atomic mass is 35.5. The molecule has 0 aromatic heterocycles. The van der Waals surface area contributed by atoms with Gasteiger partial charge in [0.15, 0.2) is 0 Å². The standard InChI is InChI=1S/C15H21ClN2O2/c1-11-9-18(10-12(2)20-11)8-7-15(19)17-14-6-4-3-5-13(14)16/h3-6,11-12H,7-10H2,1-2H3,(H,17,19)/p+1. The summed E-state index contributed by atoms with van der Waals surface area (Å²) in [6, 6.07) is 7.29. The minimum Gasteiger partial charge on any atom is -0.364 e. The molecule has 5 heteroatoms. The SMILES string of the molecule is CC1C[NH+](CCC(=O)Nc2ccccc2Cl)CC(C)O1. The van der Waals surface area contributed by atoms with Crippen molar-refractivity contribution in [2.45, 2.75) is 32.5 Å². The van der Waals surface area contributed by atoms with Crippen LogP contribution in [0.3, 0.4) is 0 Å². The zero-order valence-corrected chi connectivity index (χ0v) is 12.7. The van der Waals surface area contributed by atoms with Crippen LogP contribution in [0.25, 0.3) is 0 Å². The van der Waals surface area contributed by atoms with Crippen molar-refractivity contribution >= 4 is 23.2 Å². The van der Waals surface area contributed by atoms with Crippen molar-refractivity contribution in [1.29, 1.82) is 0 Å². The number of anilines is 1. The number of benzene rings is 1. The molecule has 2 unspecified atom stereocenters. The fraction of sp³-hybridized carbons (Fsp3) is 0.533. The first-order valence-corrected chi connectivity index (χ1v) is 7.46. The van der Waals surface area contributed by atoms with Gasteiger partial charge >= 0.3 is 0 Å². The first-order chi connectivity index (χ1) is 9.54. The third kappa shape index (κ3) is 4.47. The topological polar surface area (TPSA) is 42.8 Å². The quantitative estimate of drug-likeness (QED) is 0.881. The number of carbonyl (C=O) groups is 1. The third-order valence-electron chi connectivity index (χ3n) is 3.47. The number of nitrogens with one attached hydrogen (secondary N) is 2. The van der Waals surface area contributed by atoms with E-state index in [0.717, 1.165) is 19.6 Å². The number of halogens is 1. The van der Waals surface area contributed by atoms with Crippen LogP contribution in [0.1, 0.15) is 20.3 Å². The van der Waals surface area contributed by atoms with Gasteiger partial charge in [-0.05, 0) is 26.0 Å². The normalized spacial score (nSPS) is 26.2. The fourth-order valence-corrected chi connectivity index (χ4v) is 2.84. The van der Waals surface area contributed by atoms with Gasteiger partial charge in [0.1, 0.15) is 25.3 Å². The van der Waals surface area contributed by atoms with Gasteiger partial charge in [0.25, 0.3) is 0 Å². The van der Waals surface area contributed by atoms with Crippen LogP contribution < -0.4 is 10.2 Å². The number of morpholine rings is 1. The summed E-state index contributed by atoms with van der Waals surface area (Å²) >= 11 is 6.02. The highest BCUT2D eigenvalue weighted by molar-refractivity contribution is 6.33. The Morgan fingerprint density at radius 2 is 2.00 bits per heavy atom. The van der Waals surface area contributed by atoms with E-state index < -0.39 is 0 Å². The van der Waals surface area contributed by atoms with Crippen LogP contribution >= 0.6 is 11.6 Å². The van der Waals surface area contributed by atoms with Crippen molar-refractivity contribution in [1.82, 2.24) is 0 Å². The van der Waals surface area contributed by atoms with Crippen molar-refractivity contribution < 1.29 is 14.4 Å². The third-order valence-corrected chi connectivity index (χ3v) is 3.80. The maximum atomic E-state index is 12.0. The Bertz CT molecular complexity index is 457. The first kappa shape index (κ1) is 15.3. The summed E-state index contributed by atoms with van der Waals surface area (Å²) in [6.45, 7) is 6.92. The number of quaternary nitrogens is 1. The molecule has 110 valence electrons. The van der Waals surface area contributed by atoms with Gasteiger partial charge < -0.3 is 15.0 Å². The fourth-order valence-electron chi connectivity index (χ4n) is 2.66. The molecular formula is C15H22ClN2O2+. The molecule has 0 spiro atoms. The van der Waals surface area contributed by atoms with Crippen LogP contribution in [0.15, 0.2) is 24.3 Å². The molecule has 0 saturated carbocycles. The van der Waals surface area contributed by atoms with E-state index in [4.69, 9.17) is 16.3 Å². The van der Waals surface area contributed by atoms with Crippen LogP contribution in [0.5, 0.6) is 0 Å². The summed E-state index contributed by atoms with van der Waals surface area (Å²) < 4.78 is 5.70. The summed E-state index contributed by atoms with van der Waals surface area (Å²) in [5.74, 6) is 0.0115. The van der Waals surface area contributed by atoms with E-state index in [-0.39, 0.29) is 18.1 Å². The van der Waals surface area contributed by atoms with Gasteiger partial charge in [-0.25, -0.2) is 0 Å². The van der Waals surface area contributed by atoms with Gasteiger partial charge in [0.05, 0.1) is 23.7 Å². The molecular weight excluding hydrogens is 276 g/mol. The van der Waals surface area contributed by atoms with Crippen LogP contribution in [-0.4, -0.2) is 37.7 Å². The summed E-state index contributed by atoms with van der Waals surface area (Å²) in [5.41, 5.74) is 0.679. The molecule has 20 heavy (non-hydrogen) atoms. The van der Waals surface area contributed by atoms with E-state index in [2.05, 4.69) is 19.2 Å². The number of hydrogen-bond acceptors (Lipinski definition) is 2. The summed E-state index contributed by atoms with van der Waals surface area (Å²) in [5, 5.41) is 3.43. The summed E-state index contributed by atoms with van der Waals surface area (Å²) in [7, 11) is 0. The molecule has 1 aliphatic rings. The molecule has 1 heterocycles. The maximum absolute atomic E-state index is 12.0. The lowest BCUT2D eigenvalue weighted by molar-refractivity contribution is -0.914. The largest absolute Gasteiger partial charge is 0.364 e. The molecule has 0 radical (unpaired) electrons. The Balaban J connectivity index is 1.79. The second-order valence-electron chi connectivity index (χ2n) is 5.44. The van der Waals surface area contributed by atoms with E-state index in [1.807, 2.05) is 18.2 Å². The maximum Gasteiger partial charge on any atom is 0.230 e. The number of carbonyl (C=O) groups excluding carboxylic acids is 1. The molecule has 1 aliphatic heterocycles. The van der Waals surface area contributed by atoms with Gasteiger partial charge in [-0.2, -0.15) is 0 Å². The molecule has 2 rings (SSSR count). The highest BCUT2D eigenvalue weighted by Crippen LogP contribution is 2.20. The molecule has 4 nitrogen and oxygen atoms in total. The summed E-state index contributed by atoms with van der Waals surface area (Å²) in [4.78, 5) is 13.4. The predicted molar refractivity (Wildman–Crippen MR) is 80.3 cm³/mol. The van der Waals surface area contributed by atoms with Crippen LogP contribution in [0.4, 0.5) is 5.69 Å². The van der Waals surface area contributed by atoms with E-state index in [1.54, 1.807) is 6.07 Å². The van der Waals surface area contributed by atoms with E-state index in [1.165, 1.54) is 4.90 Å². The van der Waals surface area contributed by atoms with Crippen LogP contribution in [0.2, 0.25) is 5.02 Å². The van der Waals surface area contributed by atoms with E-state index in [0.29, 0.717) is 17.1 Å². The van der Waals surface area contributed by atoms with E-state index >= 15 is 0 Å². The zero-order chi connectivity index (χ0) is 14.5. The Morgan fingerprint density at radius 1 is 1.35 bits per heavy atom. The number of ether oxygens (including phenoxy) is 1. The lowest BCUT2D eigenvalue weighted by Crippen LogP contribution is -3.15. The van der Waals surface area contributed by atoms with Gasteiger partial charge in [0, 0.05) is 0 Å². The van der Waals surface area contributed by atoms with Crippen LogP contribution in [-0.2, 0) is 9.53 Å². The molecule has 1 fully saturated rings. The molecule has 1 aromatic carbocycles. The van der Waals surface area contributed by atoms with Crippen molar-refractivity contribution in [2.24, 2.45) is 0 Å². The number of rotatable bonds is 4. The molecule has 1 amide bonds. The molecule has 0 aliphatic carbocycles. The second kappa shape index (κ2) is 7.07. The van der Waals surface area contributed by atoms with E-state index in [9.17, 15) is 4.79 Å². The van der Waals surface area contributed by atoms with Gasteiger partial charge in [-0.3, -0.25) is 4.79 Å². The predicted octanol–water partition coefficient (Wildman–Crippen LogP) is 1.36. The molecule has 1 saturated heterocycles. The molecule has 2 atom stereocenters. The molecule has 0 bridgehead atoms. The minimum absolute atomic E-state index is 0.0115. The van der Waals surface area contributed by atoms with Crippen LogP contribution in [0, 0.1) is 0 Å². The number of hydrogen-bond donors (Lipinski definition) is 2.